The van der Waals surface area contributed by atoms with Gasteiger partial charge in [-0.3, -0.25) is 14.4 Å². The number of para-hydroxylation sites is 1. The SMILES string of the molecule is COc1ccc(N(C)C(=O)C(Cc2ccccc2)NC(=O)CN2CCN(S(=O)(=O)c3ccccc3N)CC2=O)cc1. The summed E-state index contributed by atoms with van der Waals surface area (Å²) in [4.78, 5) is 42.2. The molecule has 1 atom stereocenters. The summed E-state index contributed by atoms with van der Waals surface area (Å²) in [7, 11) is -0.805. The number of nitrogens with zero attached hydrogens (tertiary/aromatic N) is 3. The first kappa shape index (κ1) is 29.6. The highest BCUT2D eigenvalue weighted by Gasteiger charge is 2.35. The van der Waals surface area contributed by atoms with E-state index in [1.807, 2.05) is 30.3 Å². The number of benzene rings is 3. The van der Waals surface area contributed by atoms with Crippen molar-refractivity contribution in [1.82, 2.24) is 14.5 Å². The van der Waals surface area contributed by atoms with E-state index in [1.165, 1.54) is 21.9 Å². The molecule has 0 aromatic heterocycles. The van der Waals surface area contributed by atoms with Crippen LogP contribution in [0.4, 0.5) is 11.4 Å². The van der Waals surface area contributed by atoms with Crippen LogP contribution in [-0.2, 0) is 30.8 Å². The first-order valence-electron chi connectivity index (χ1n) is 13.0. The van der Waals surface area contributed by atoms with Gasteiger partial charge in [0.1, 0.15) is 16.7 Å². The van der Waals surface area contributed by atoms with Gasteiger partial charge in [0, 0.05) is 32.2 Å². The molecule has 1 saturated heterocycles. The average Bonchev–Trinajstić information content (AvgIpc) is 2.97. The van der Waals surface area contributed by atoms with Gasteiger partial charge in [0.15, 0.2) is 0 Å². The molecule has 0 saturated carbocycles. The molecule has 4 rings (SSSR count). The highest BCUT2D eigenvalue weighted by atomic mass is 32.2. The number of hydrogen-bond donors (Lipinski definition) is 2. The number of rotatable bonds is 10. The number of amides is 3. The topological polar surface area (TPSA) is 142 Å². The number of likely N-dealkylation sites (N-methyl/N-ethyl adjacent to an activating group) is 1. The third-order valence-electron chi connectivity index (χ3n) is 6.86. The second-order valence-electron chi connectivity index (χ2n) is 9.60. The summed E-state index contributed by atoms with van der Waals surface area (Å²) >= 11 is 0. The molecule has 1 aliphatic rings. The minimum atomic E-state index is -3.98. The molecule has 3 N–H and O–H groups in total. The monoisotopic (exact) mass is 579 g/mol. The predicted octanol–water partition coefficient (Wildman–Crippen LogP) is 1.50. The molecule has 11 nitrogen and oxygen atoms in total. The number of carbonyl (C=O) groups is 3. The lowest BCUT2D eigenvalue weighted by molar-refractivity contribution is -0.139. The Morgan fingerprint density at radius 1 is 1.00 bits per heavy atom. The van der Waals surface area contributed by atoms with Crippen LogP contribution < -0.4 is 20.7 Å². The summed E-state index contributed by atoms with van der Waals surface area (Å²) in [6.07, 6.45) is 0.240. The molecule has 1 fully saturated rings. The van der Waals surface area contributed by atoms with E-state index in [-0.39, 0.29) is 42.5 Å². The number of ether oxygens (including phenoxy) is 1. The third kappa shape index (κ3) is 7.02. The zero-order valence-corrected chi connectivity index (χ0v) is 23.7. The number of nitrogen functional groups attached to an aromatic ring is 1. The normalized spacial score (nSPS) is 14.8. The van der Waals surface area contributed by atoms with Gasteiger partial charge in [-0.15, -0.1) is 0 Å². The van der Waals surface area contributed by atoms with Crippen molar-refractivity contribution in [1.29, 1.82) is 0 Å². The largest absolute Gasteiger partial charge is 0.497 e. The van der Waals surface area contributed by atoms with Crippen molar-refractivity contribution in [3.63, 3.8) is 0 Å². The van der Waals surface area contributed by atoms with Gasteiger partial charge < -0.3 is 25.6 Å². The summed E-state index contributed by atoms with van der Waals surface area (Å²) in [5.74, 6) is -0.742. The van der Waals surface area contributed by atoms with Gasteiger partial charge in [-0.05, 0) is 42.0 Å². The maximum Gasteiger partial charge on any atom is 0.249 e. The molecule has 0 aliphatic carbocycles. The molecule has 216 valence electrons. The molecule has 12 heteroatoms. The number of methoxy groups -OCH3 is 1. The number of nitrogens with one attached hydrogen (secondary N) is 1. The molecule has 1 aliphatic heterocycles. The predicted molar refractivity (Wildman–Crippen MR) is 155 cm³/mol. The van der Waals surface area contributed by atoms with Crippen molar-refractivity contribution in [3.8, 4) is 5.75 Å². The maximum atomic E-state index is 13.5. The van der Waals surface area contributed by atoms with Crippen LogP contribution in [-0.4, -0.2) is 81.7 Å². The lowest BCUT2D eigenvalue weighted by atomic mass is 10.0. The lowest BCUT2D eigenvalue weighted by Crippen LogP contribution is -2.56. The van der Waals surface area contributed by atoms with Crippen LogP contribution in [0.2, 0.25) is 0 Å². The van der Waals surface area contributed by atoms with Crippen LogP contribution in [0.3, 0.4) is 0 Å². The minimum absolute atomic E-state index is 0.00225. The van der Waals surface area contributed by atoms with Crippen molar-refractivity contribution < 1.29 is 27.5 Å². The molecule has 41 heavy (non-hydrogen) atoms. The summed E-state index contributed by atoms with van der Waals surface area (Å²) in [6.45, 7) is -0.717. The minimum Gasteiger partial charge on any atom is -0.497 e. The van der Waals surface area contributed by atoms with Crippen LogP contribution in [0.25, 0.3) is 0 Å². The number of carbonyl (C=O) groups excluding carboxylic acids is 3. The molecular formula is C29H33N5O6S. The molecule has 0 radical (unpaired) electrons. The van der Waals surface area contributed by atoms with Gasteiger partial charge in [-0.1, -0.05) is 42.5 Å². The Balaban J connectivity index is 1.43. The number of hydrogen-bond acceptors (Lipinski definition) is 7. The molecule has 3 aromatic carbocycles. The van der Waals surface area contributed by atoms with E-state index in [0.717, 1.165) is 9.87 Å². The van der Waals surface area contributed by atoms with E-state index in [1.54, 1.807) is 50.6 Å². The molecule has 1 heterocycles. The van der Waals surface area contributed by atoms with Crippen LogP contribution in [0, 0.1) is 0 Å². The van der Waals surface area contributed by atoms with Gasteiger partial charge in [0.25, 0.3) is 0 Å². The summed E-state index contributed by atoms with van der Waals surface area (Å²) in [5, 5.41) is 2.78. The van der Waals surface area contributed by atoms with Crippen LogP contribution in [0.1, 0.15) is 5.56 Å². The lowest BCUT2D eigenvalue weighted by Gasteiger charge is -2.33. The Hall–Kier alpha value is -4.42. The fraction of sp³-hybridized carbons (Fsp3) is 0.276. The van der Waals surface area contributed by atoms with Gasteiger partial charge in [0.05, 0.1) is 25.9 Å². The number of nitrogens with two attached hydrogens (primary N) is 1. The van der Waals surface area contributed by atoms with Crippen LogP contribution in [0.5, 0.6) is 5.75 Å². The fourth-order valence-corrected chi connectivity index (χ4v) is 6.04. The molecule has 3 aromatic rings. The quantitative estimate of drug-likeness (QED) is 0.347. The first-order chi connectivity index (χ1) is 19.6. The average molecular weight is 580 g/mol. The molecular weight excluding hydrogens is 546 g/mol. The molecule has 1 unspecified atom stereocenters. The van der Waals surface area contributed by atoms with E-state index in [4.69, 9.17) is 10.5 Å². The fourth-order valence-electron chi connectivity index (χ4n) is 4.54. The van der Waals surface area contributed by atoms with Gasteiger partial charge >= 0.3 is 0 Å². The van der Waals surface area contributed by atoms with E-state index >= 15 is 0 Å². The van der Waals surface area contributed by atoms with E-state index in [9.17, 15) is 22.8 Å². The van der Waals surface area contributed by atoms with Crippen molar-refractivity contribution in [2.45, 2.75) is 17.4 Å². The summed E-state index contributed by atoms with van der Waals surface area (Å²) in [6, 6.07) is 21.4. The van der Waals surface area contributed by atoms with Gasteiger partial charge in [0.2, 0.25) is 27.7 Å². The maximum absolute atomic E-state index is 13.5. The van der Waals surface area contributed by atoms with E-state index in [0.29, 0.717) is 11.4 Å². The molecule has 3 amide bonds. The number of piperazine rings is 1. The Bertz CT molecular complexity index is 1500. The second-order valence-corrected chi connectivity index (χ2v) is 11.5. The first-order valence-corrected chi connectivity index (χ1v) is 14.4. The van der Waals surface area contributed by atoms with Crippen molar-refractivity contribution in [2.75, 3.05) is 51.0 Å². The second kappa shape index (κ2) is 12.8. The Kier molecular flexibility index (Phi) is 9.25. The van der Waals surface area contributed by atoms with E-state index in [2.05, 4.69) is 5.32 Å². The highest BCUT2D eigenvalue weighted by Crippen LogP contribution is 2.23. The Morgan fingerprint density at radius 2 is 1.66 bits per heavy atom. The number of sulfonamides is 1. The standard InChI is InChI=1S/C29H33N5O6S/c1-32(22-12-14-23(40-2)15-13-22)29(37)25(18-21-8-4-3-5-9-21)31-27(35)19-33-16-17-34(20-28(33)36)41(38,39)26-11-7-6-10-24(26)30/h3-15,25H,16-20,30H2,1-2H3,(H,31,35). The van der Waals surface area contributed by atoms with Crippen molar-refractivity contribution in [2.24, 2.45) is 0 Å². The van der Waals surface area contributed by atoms with Gasteiger partial charge in [-0.2, -0.15) is 4.31 Å². The zero-order chi connectivity index (χ0) is 29.6. The molecule has 0 bridgehead atoms. The van der Waals surface area contributed by atoms with Crippen molar-refractivity contribution in [3.05, 3.63) is 84.4 Å². The summed E-state index contributed by atoms with van der Waals surface area (Å²) in [5.41, 5.74) is 7.41. The number of anilines is 2. The highest BCUT2D eigenvalue weighted by molar-refractivity contribution is 7.89. The third-order valence-corrected chi connectivity index (χ3v) is 8.78. The van der Waals surface area contributed by atoms with Crippen molar-refractivity contribution >= 4 is 39.1 Å². The van der Waals surface area contributed by atoms with Crippen LogP contribution in [0.15, 0.2) is 83.8 Å². The van der Waals surface area contributed by atoms with E-state index < -0.39 is 34.4 Å². The Labute approximate surface area is 239 Å². The smallest absolute Gasteiger partial charge is 0.249 e. The Morgan fingerprint density at radius 3 is 2.29 bits per heavy atom. The van der Waals surface area contributed by atoms with Crippen LogP contribution >= 0.6 is 0 Å². The zero-order valence-electron chi connectivity index (χ0n) is 22.9. The summed E-state index contributed by atoms with van der Waals surface area (Å²) < 4.78 is 32.3. The van der Waals surface area contributed by atoms with Gasteiger partial charge in [-0.25, -0.2) is 8.42 Å². The molecule has 0 spiro atoms.